The summed E-state index contributed by atoms with van der Waals surface area (Å²) in [7, 11) is 0. The smallest absolute Gasteiger partial charge is 0.419 e. The molecule has 0 radical (unpaired) electrons. The van der Waals surface area contributed by atoms with Crippen LogP contribution in [-0.2, 0) is 0 Å². The Morgan fingerprint density at radius 3 is 3.12 bits per heavy atom. The van der Waals surface area contributed by atoms with E-state index in [2.05, 4.69) is 33.4 Å². The number of fused-ring (bicyclic) bond motifs is 1. The van der Waals surface area contributed by atoms with E-state index in [1.54, 1.807) is 0 Å². The van der Waals surface area contributed by atoms with E-state index in [0.29, 0.717) is 6.61 Å². The quantitative estimate of drug-likeness (QED) is 0.571. The van der Waals surface area contributed by atoms with Crippen LogP contribution < -0.4 is 15.6 Å². The van der Waals surface area contributed by atoms with Crippen LogP contribution in [0, 0.1) is 3.57 Å². The molecule has 3 N–H and O–H groups in total. The van der Waals surface area contributed by atoms with E-state index in [9.17, 15) is 4.79 Å². The number of rotatable bonds is 2. The maximum Gasteiger partial charge on any atom is 0.419 e. The Morgan fingerprint density at radius 1 is 1.56 bits per heavy atom. The molecule has 1 aromatic carbocycles. The number of amides is 1. The monoisotopic (exact) mass is 334 g/mol. The van der Waals surface area contributed by atoms with Crippen LogP contribution in [-0.4, -0.2) is 17.8 Å². The molecule has 1 aliphatic rings. The second kappa shape index (κ2) is 4.88. The van der Waals surface area contributed by atoms with Crippen molar-refractivity contribution in [2.24, 2.45) is 0 Å². The molecule has 2 rings (SSSR count). The van der Waals surface area contributed by atoms with Gasteiger partial charge in [-0.3, -0.25) is 5.43 Å². The first-order valence-corrected chi connectivity index (χ1v) is 5.91. The molecule has 1 heterocycles. The molecule has 0 spiro atoms. The van der Waals surface area contributed by atoms with Crippen molar-refractivity contribution in [3.8, 4) is 5.75 Å². The Kier molecular flexibility index (Phi) is 3.49. The van der Waals surface area contributed by atoms with Gasteiger partial charge in [0.05, 0.1) is 12.6 Å². The molecule has 1 amide bonds. The number of hydrogen-bond donors (Lipinski definition) is 3. The highest BCUT2D eigenvalue weighted by atomic mass is 127. The standard InChI is InChI=1S/C10H11IN2O3/c11-6-1-2-9-7(5-6)8(3-4-16-9)12-13-10(14)15/h1-2,5,8,12-13H,3-4H2,(H,14,15)/t8-/m0/s1. The number of carbonyl (C=O) groups is 1. The van der Waals surface area contributed by atoms with E-state index >= 15 is 0 Å². The van der Waals surface area contributed by atoms with Crippen LogP contribution in [0.5, 0.6) is 5.75 Å². The highest BCUT2D eigenvalue weighted by Gasteiger charge is 2.21. The molecule has 1 aromatic rings. The molecule has 86 valence electrons. The summed E-state index contributed by atoms with van der Waals surface area (Å²) in [5.41, 5.74) is 5.95. The SMILES string of the molecule is O=C(O)NN[C@H]1CCOc2ccc(I)cc21. The summed E-state index contributed by atoms with van der Waals surface area (Å²) in [6.07, 6.45) is -0.341. The topological polar surface area (TPSA) is 70.6 Å². The lowest BCUT2D eigenvalue weighted by atomic mass is 10.0. The lowest BCUT2D eigenvalue weighted by molar-refractivity contribution is 0.180. The molecule has 1 aliphatic heterocycles. The van der Waals surface area contributed by atoms with Gasteiger partial charge in [0.1, 0.15) is 5.75 Å². The Hall–Kier alpha value is -1.02. The molecule has 5 nitrogen and oxygen atoms in total. The van der Waals surface area contributed by atoms with Gasteiger partial charge < -0.3 is 9.84 Å². The highest BCUT2D eigenvalue weighted by Crippen LogP contribution is 2.32. The van der Waals surface area contributed by atoms with Crippen molar-refractivity contribution in [3.63, 3.8) is 0 Å². The van der Waals surface area contributed by atoms with Crippen LogP contribution in [0.25, 0.3) is 0 Å². The van der Waals surface area contributed by atoms with Gasteiger partial charge in [0.15, 0.2) is 0 Å². The third-order valence-electron chi connectivity index (χ3n) is 2.36. The van der Waals surface area contributed by atoms with Crippen molar-refractivity contribution in [1.82, 2.24) is 10.9 Å². The number of halogens is 1. The van der Waals surface area contributed by atoms with Gasteiger partial charge in [-0.25, -0.2) is 10.2 Å². The largest absolute Gasteiger partial charge is 0.493 e. The summed E-state index contributed by atoms with van der Waals surface area (Å²) in [6, 6.07) is 5.84. The fourth-order valence-corrected chi connectivity index (χ4v) is 2.18. The minimum Gasteiger partial charge on any atom is -0.493 e. The van der Waals surface area contributed by atoms with E-state index in [1.165, 1.54) is 0 Å². The van der Waals surface area contributed by atoms with Crippen LogP contribution in [0.15, 0.2) is 18.2 Å². The van der Waals surface area contributed by atoms with Crippen molar-refractivity contribution >= 4 is 28.7 Å². The average molecular weight is 334 g/mol. The van der Waals surface area contributed by atoms with Crippen molar-refractivity contribution in [2.45, 2.75) is 12.5 Å². The number of hydrogen-bond acceptors (Lipinski definition) is 3. The average Bonchev–Trinajstić information content (AvgIpc) is 2.26. The van der Waals surface area contributed by atoms with E-state index < -0.39 is 6.09 Å². The third kappa shape index (κ3) is 2.56. The summed E-state index contributed by atoms with van der Waals surface area (Å²) in [5.74, 6) is 0.816. The zero-order valence-electron chi connectivity index (χ0n) is 8.37. The summed E-state index contributed by atoms with van der Waals surface area (Å²) >= 11 is 2.22. The molecular weight excluding hydrogens is 323 g/mol. The van der Waals surface area contributed by atoms with Crippen molar-refractivity contribution in [2.75, 3.05) is 6.61 Å². The van der Waals surface area contributed by atoms with Gasteiger partial charge in [0.25, 0.3) is 0 Å². The predicted octanol–water partition coefficient (Wildman–Crippen LogP) is 1.89. The van der Waals surface area contributed by atoms with E-state index in [0.717, 1.165) is 21.3 Å². The maximum atomic E-state index is 10.4. The Bertz CT molecular complexity index is 411. The molecule has 0 bridgehead atoms. The molecule has 0 aromatic heterocycles. The lowest BCUT2D eigenvalue weighted by Crippen LogP contribution is -2.40. The highest BCUT2D eigenvalue weighted by molar-refractivity contribution is 14.1. The molecule has 0 aliphatic carbocycles. The van der Waals surface area contributed by atoms with E-state index in [4.69, 9.17) is 9.84 Å². The van der Waals surface area contributed by atoms with Gasteiger partial charge in [-0.1, -0.05) is 0 Å². The predicted molar refractivity (Wildman–Crippen MR) is 66.3 cm³/mol. The fourth-order valence-electron chi connectivity index (χ4n) is 1.66. The summed E-state index contributed by atoms with van der Waals surface area (Å²) in [4.78, 5) is 10.4. The van der Waals surface area contributed by atoms with Crippen molar-refractivity contribution in [3.05, 3.63) is 27.3 Å². The number of hydrazine groups is 1. The molecule has 0 fully saturated rings. The van der Waals surface area contributed by atoms with Gasteiger partial charge >= 0.3 is 6.09 Å². The molecular formula is C10H11IN2O3. The van der Waals surface area contributed by atoms with E-state index in [-0.39, 0.29) is 6.04 Å². The minimum absolute atomic E-state index is 0.0328. The van der Waals surface area contributed by atoms with Crippen LogP contribution in [0.4, 0.5) is 4.79 Å². The Labute approximate surface area is 106 Å². The normalized spacial score (nSPS) is 18.4. The van der Waals surface area contributed by atoms with Crippen LogP contribution in [0.2, 0.25) is 0 Å². The summed E-state index contributed by atoms with van der Waals surface area (Å²) < 4.78 is 6.60. The number of nitrogens with one attached hydrogen (secondary N) is 2. The molecule has 0 unspecified atom stereocenters. The zero-order chi connectivity index (χ0) is 11.5. The first kappa shape index (κ1) is 11.5. The lowest BCUT2D eigenvalue weighted by Gasteiger charge is -2.26. The van der Waals surface area contributed by atoms with Gasteiger partial charge in [0.2, 0.25) is 0 Å². The summed E-state index contributed by atoms with van der Waals surface area (Å²) in [6.45, 7) is 0.590. The molecule has 0 saturated heterocycles. The Morgan fingerprint density at radius 2 is 2.38 bits per heavy atom. The van der Waals surface area contributed by atoms with E-state index in [1.807, 2.05) is 18.2 Å². The van der Waals surface area contributed by atoms with Crippen molar-refractivity contribution in [1.29, 1.82) is 0 Å². The van der Waals surface area contributed by atoms with Crippen LogP contribution >= 0.6 is 22.6 Å². The van der Waals surface area contributed by atoms with Gasteiger partial charge in [0, 0.05) is 15.6 Å². The fraction of sp³-hybridized carbons (Fsp3) is 0.300. The van der Waals surface area contributed by atoms with Gasteiger partial charge in [-0.2, -0.15) is 0 Å². The van der Waals surface area contributed by atoms with Crippen LogP contribution in [0.1, 0.15) is 18.0 Å². The maximum absolute atomic E-state index is 10.4. The number of carboxylic acid groups (broad SMARTS) is 1. The summed E-state index contributed by atoms with van der Waals surface area (Å²) in [5, 5.41) is 8.54. The molecule has 0 saturated carbocycles. The molecule has 16 heavy (non-hydrogen) atoms. The van der Waals surface area contributed by atoms with Crippen molar-refractivity contribution < 1.29 is 14.6 Å². The first-order valence-electron chi connectivity index (χ1n) is 4.83. The minimum atomic E-state index is -1.08. The second-order valence-corrected chi connectivity index (χ2v) is 4.69. The zero-order valence-corrected chi connectivity index (χ0v) is 10.5. The molecule has 6 heteroatoms. The van der Waals surface area contributed by atoms with Gasteiger partial charge in [-0.15, -0.1) is 0 Å². The Balaban J connectivity index is 2.18. The number of benzene rings is 1. The van der Waals surface area contributed by atoms with Crippen LogP contribution in [0.3, 0.4) is 0 Å². The third-order valence-corrected chi connectivity index (χ3v) is 3.04. The molecule has 1 atom stereocenters. The number of ether oxygens (including phenoxy) is 1. The first-order chi connectivity index (χ1) is 7.66. The van der Waals surface area contributed by atoms with Gasteiger partial charge in [-0.05, 0) is 40.8 Å². The second-order valence-electron chi connectivity index (χ2n) is 3.45.